The molecule has 0 atom stereocenters. The molecule has 0 saturated heterocycles. The lowest BCUT2D eigenvalue weighted by atomic mass is 10.1. The summed E-state index contributed by atoms with van der Waals surface area (Å²) in [7, 11) is 1.23. The molecule has 0 aliphatic carbocycles. The van der Waals surface area contributed by atoms with Gasteiger partial charge in [-0.15, -0.1) is 0 Å². The molecule has 0 aliphatic rings. The zero-order valence-corrected chi connectivity index (χ0v) is 13.9. The Morgan fingerprint density at radius 3 is 2.72 bits per heavy atom. The Hall–Kier alpha value is -3.19. The number of imidazole rings is 1. The van der Waals surface area contributed by atoms with E-state index in [0.29, 0.717) is 10.8 Å². The fraction of sp³-hybridized carbons (Fsp3) is 0.0588. The van der Waals surface area contributed by atoms with Gasteiger partial charge >= 0.3 is 5.97 Å². The third-order valence-corrected chi connectivity index (χ3v) is 3.82. The SMILES string of the molecule is COC(=O)c1cn(-c2cccc(-c3cccnc3Cl)c2)c(C(N)=O)n1. The molecule has 1 amide bonds. The molecule has 7 nitrogen and oxygen atoms in total. The number of carbonyl (C=O) groups excluding carboxylic acids is 2. The Kier molecular flexibility index (Phi) is 4.49. The van der Waals surface area contributed by atoms with E-state index in [2.05, 4.69) is 14.7 Å². The molecule has 3 rings (SSSR count). The monoisotopic (exact) mass is 356 g/mol. The van der Waals surface area contributed by atoms with Crippen molar-refractivity contribution in [1.82, 2.24) is 14.5 Å². The number of benzene rings is 1. The van der Waals surface area contributed by atoms with Crippen LogP contribution in [0.2, 0.25) is 5.15 Å². The summed E-state index contributed by atoms with van der Waals surface area (Å²) < 4.78 is 6.07. The molecule has 2 N–H and O–H groups in total. The lowest BCUT2D eigenvalue weighted by Gasteiger charge is -2.09. The van der Waals surface area contributed by atoms with Crippen molar-refractivity contribution in [2.45, 2.75) is 0 Å². The van der Waals surface area contributed by atoms with Crippen molar-refractivity contribution in [1.29, 1.82) is 0 Å². The third kappa shape index (κ3) is 3.22. The minimum Gasteiger partial charge on any atom is -0.464 e. The van der Waals surface area contributed by atoms with E-state index in [1.807, 2.05) is 12.1 Å². The first-order valence-electron chi connectivity index (χ1n) is 7.20. The third-order valence-electron chi connectivity index (χ3n) is 3.52. The van der Waals surface area contributed by atoms with Crippen molar-refractivity contribution in [3.8, 4) is 16.8 Å². The molecule has 0 fully saturated rings. The highest BCUT2D eigenvalue weighted by Crippen LogP contribution is 2.27. The van der Waals surface area contributed by atoms with Crippen LogP contribution in [0.5, 0.6) is 0 Å². The average Bonchev–Trinajstić information content (AvgIpc) is 3.07. The predicted molar refractivity (Wildman–Crippen MR) is 91.7 cm³/mol. The maximum atomic E-state index is 11.7. The average molecular weight is 357 g/mol. The molecule has 1 aromatic carbocycles. The predicted octanol–water partition coefficient (Wildman–Crippen LogP) is 2.47. The van der Waals surface area contributed by atoms with Crippen molar-refractivity contribution in [3.05, 3.63) is 65.5 Å². The second-order valence-corrected chi connectivity index (χ2v) is 5.43. The Balaban J connectivity index is 2.13. The second kappa shape index (κ2) is 6.74. The number of ether oxygens (including phenoxy) is 1. The van der Waals surface area contributed by atoms with Gasteiger partial charge in [-0.05, 0) is 29.8 Å². The zero-order valence-electron chi connectivity index (χ0n) is 13.1. The summed E-state index contributed by atoms with van der Waals surface area (Å²) in [5.74, 6) is -1.50. The van der Waals surface area contributed by atoms with E-state index in [9.17, 15) is 9.59 Å². The Morgan fingerprint density at radius 1 is 1.24 bits per heavy atom. The largest absolute Gasteiger partial charge is 0.464 e. The first-order chi connectivity index (χ1) is 12.0. The number of nitrogens with zero attached hydrogens (tertiary/aromatic N) is 3. The van der Waals surface area contributed by atoms with Crippen LogP contribution in [0.1, 0.15) is 21.1 Å². The highest BCUT2D eigenvalue weighted by molar-refractivity contribution is 6.32. The van der Waals surface area contributed by atoms with Gasteiger partial charge in [0.05, 0.1) is 7.11 Å². The Labute approximate surface area is 148 Å². The summed E-state index contributed by atoms with van der Waals surface area (Å²) >= 11 is 6.14. The summed E-state index contributed by atoms with van der Waals surface area (Å²) in [5.41, 5.74) is 7.48. The summed E-state index contributed by atoms with van der Waals surface area (Å²) in [5, 5.41) is 0.357. The fourth-order valence-corrected chi connectivity index (χ4v) is 2.61. The van der Waals surface area contributed by atoms with Crippen LogP contribution in [-0.2, 0) is 4.74 Å². The van der Waals surface area contributed by atoms with Crippen LogP contribution in [-0.4, -0.2) is 33.5 Å². The first kappa shape index (κ1) is 16.7. The van der Waals surface area contributed by atoms with Crippen molar-refractivity contribution < 1.29 is 14.3 Å². The van der Waals surface area contributed by atoms with Crippen LogP contribution < -0.4 is 5.73 Å². The molecular formula is C17H13ClN4O3. The van der Waals surface area contributed by atoms with E-state index in [1.165, 1.54) is 17.9 Å². The molecule has 126 valence electrons. The molecule has 25 heavy (non-hydrogen) atoms. The van der Waals surface area contributed by atoms with E-state index in [-0.39, 0.29) is 11.5 Å². The quantitative estimate of drug-likeness (QED) is 0.571. The van der Waals surface area contributed by atoms with E-state index < -0.39 is 11.9 Å². The van der Waals surface area contributed by atoms with Crippen LogP contribution in [0.15, 0.2) is 48.8 Å². The molecule has 2 heterocycles. The van der Waals surface area contributed by atoms with Crippen molar-refractivity contribution in [2.75, 3.05) is 7.11 Å². The van der Waals surface area contributed by atoms with E-state index in [4.69, 9.17) is 17.3 Å². The number of hydrogen-bond donors (Lipinski definition) is 1. The van der Waals surface area contributed by atoms with E-state index in [0.717, 1.165) is 11.1 Å². The minimum atomic E-state index is -0.764. The molecule has 0 radical (unpaired) electrons. The first-order valence-corrected chi connectivity index (χ1v) is 7.58. The lowest BCUT2D eigenvalue weighted by molar-refractivity contribution is 0.0594. The van der Waals surface area contributed by atoms with Crippen LogP contribution in [0, 0.1) is 0 Å². The number of hydrogen-bond acceptors (Lipinski definition) is 5. The molecule has 3 aromatic rings. The van der Waals surface area contributed by atoms with Gasteiger partial charge in [0.15, 0.2) is 5.69 Å². The maximum absolute atomic E-state index is 11.7. The number of methoxy groups -OCH3 is 1. The zero-order chi connectivity index (χ0) is 18.0. The van der Waals surface area contributed by atoms with Crippen LogP contribution >= 0.6 is 11.6 Å². The number of esters is 1. The molecule has 0 aliphatic heterocycles. The lowest BCUT2D eigenvalue weighted by Crippen LogP contribution is -2.17. The number of pyridine rings is 1. The maximum Gasteiger partial charge on any atom is 0.358 e. The van der Waals surface area contributed by atoms with Crippen LogP contribution in [0.4, 0.5) is 0 Å². The van der Waals surface area contributed by atoms with Crippen molar-refractivity contribution >= 4 is 23.5 Å². The smallest absolute Gasteiger partial charge is 0.358 e. The number of halogens is 1. The van der Waals surface area contributed by atoms with Gasteiger partial charge in [0.1, 0.15) is 5.15 Å². The number of amides is 1. The van der Waals surface area contributed by atoms with Crippen LogP contribution in [0.25, 0.3) is 16.8 Å². The highest BCUT2D eigenvalue weighted by Gasteiger charge is 2.19. The molecular weight excluding hydrogens is 344 g/mol. The number of nitrogens with two attached hydrogens (primary N) is 1. The molecule has 8 heteroatoms. The summed E-state index contributed by atoms with van der Waals surface area (Å²) in [6.45, 7) is 0. The molecule has 0 spiro atoms. The topological polar surface area (TPSA) is 100 Å². The number of aromatic nitrogens is 3. The second-order valence-electron chi connectivity index (χ2n) is 5.07. The fourth-order valence-electron chi connectivity index (χ4n) is 2.38. The normalized spacial score (nSPS) is 10.5. The summed E-state index contributed by atoms with van der Waals surface area (Å²) in [6, 6.07) is 10.8. The van der Waals surface area contributed by atoms with Gasteiger partial charge < -0.3 is 10.5 Å². The number of primary amides is 1. The highest BCUT2D eigenvalue weighted by atomic mass is 35.5. The van der Waals surface area contributed by atoms with E-state index in [1.54, 1.807) is 30.5 Å². The molecule has 0 bridgehead atoms. The van der Waals surface area contributed by atoms with E-state index >= 15 is 0 Å². The van der Waals surface area contributed by atoms with Gasteiger partial charge in [0, 0.05) is 23.6 Å². The standard InChI is InChI=1S/C17H13ClN4O3/c1-25-17(24)13-9-22(16(21-13)15(19)23)11-5-2-4-10(8-11)12-6-3-7-20-14(12)18/h2-9H,1H3,(H2,19,23). The van der Waals surface area contributed by atoms with Gasteiger partial charge in [-0.3, -0.25) is 9.36 Å². The molecule has 2 aromatic heterocycles. The molecule has 0 saturated carbocycles. The number of carbonyl (C=O) groups is 2. The Bertz CT molecular complexity index is 968. The van der Waals surface area contributed by atoms with Gasteiger partial charge in [0.25, 0.3) is 5.91 Å². The van der Waals surface area contributed by atoms with Crippen LogP contribution in [0.3, 0.4) is 0 Å². The van der Waals surface area contributed by atoms with Crippen molar-refractivity contribution in [3.63, 3.8) is 0 Å². The van der Waals surface area contributed by atoms with Gasteiger partial charge in [-0.25, -0.2) is 14.8 Å². The minimum absolute atomic E-state index is 0.0129. The number of rotatable bonds is 4. The van der Waals surface area contributed by atoms with Gasteiger partial charge in [0.2, 0.25) is 5.82 Å². The van der Waals surface area contributed by atoms with Gasteiger partial charge in [-0.1, -0.05) is 23.7 Å². The summed E-state index contributed by atoms with van der Waals surface area (Å²) in [6.07, 6.45) is 3.00. The summed E-state index contributed by atoms with van der Waals surface area (Å²) in [4.78, 5) is 31.4. The van der Waals surface area contributed by atoms with Crippen molar-refractivity contribution in [2.24, 2.45) is 5.73 Å². The Morgan fingerprint density at radius 2 is 2.04 bits per heavy atom. The van der Waals surface area contributed by atoms with Gasteiger partial charge in [-0.2, -0.15) is 0 Å². The molecule has 0 unspecified atom stereocenters.